The Morgan fingerprint density at radius 3 is 1.06 bits per heavy atom. The summed E-state index contributed by atoms with van der Waals surface area (Å²) < 4.78 is 0. The van der Waals surface area contributed by atoms with E-state index in [-0.39, 0.29) is 27.9 Å². The van der Waals surface area contributed by atoms with Crippen molar-refractivity contribution in [2.24, 2.45) is 0 Å². The molecule has 1 aliphatic rings. The van der Waals surface area contributed by atoms with Crippen LogP contribution in [0.5, 0.6) is 0 Å². The van der Waals surface area contributed by atoms with Crippen molar-refractivity contribution in [2.75, 3.05) is 0 Å². The van der Waals surface area contributed by atoms with Crippen molar-refractivity contribution in [1.29, 1.82) is 10.5 Å². The average molecular weight is 621 g/mol. The SMILES string of the molecule is CC(C)(C)N1Cc2cccc(n2)CN(C(C)(C)C)Cc2cccc(n2)C1.N#C[Se-].N#C[Se-].[Co+2]. The third kappa shape index (κ3) is 11.6. The van der Waals surface area contributed by atoms with E-state index in [1.165, 1.54) is 0 Å². The molecule has 0 N–H and O–H groups in total. The second-order valence-electron chi connectivity index (χ2n) is 9.48. The van der Waals surface area contributed by atoms with Gasteiger partial charge in [0, 0.05) is 37.3 Å². The molecular weight excluding hydrogens is 589 g/mol. The number of pyridine rings is 2. The van der Waals surface area contributed by atoms with Gasteiger partial charge in [0.15, 0.2) is 0 Å². The molecule has 9 heteroatoms. The minimum absolute atomic E-state index is 0. The van der Waals surface area contributed by atoms with Crippen molar-refractivity contribution in [2.45, 2.75) is 78.8 Å². The van der Waals surface area contributed by atoms with E-state index in [1.54, 1.807) is 9.94 Å². The van der Waals surface area contributed by atoms with Crippen molar-refractivity contribution in [3.05, 3.63) is 59.2 Å². The van der Waals surface area contributed by atoms with Crippen molar-refractivity contribution in [3.63, 3.8) is 0 Å². The molecule has 3 rings (SSSR count). The van der Waals surface area contributed by atoms with Gasteiger partial charge in [-0.3, -0.25) is 19.8 Å². The molecule has 2 aromatic rings. The zero-order valence-electron chi connectivity index (χ0n) is 20.1. The molecule has 0 saturated heterocycles. The molecule has 0 amide bonds. The summed E-state index contributed by atoms with van der Waals surface area (Å²) in [7, 11) is 0. The van der Waals surface area contributed by atoms with Crippen LogP contribution < -0.4 is 0 Å². The molecule has 0 unspecified atom stereocenters. The predicted octanol–water partition coefficient (Wildman–Crippen LogP) is 3.66. The van der Waals surface area contributed by atoms with Gasteiger partial charge < -0.3 is 0 Å². The summed E-state index contributed by atoms with van der Waals surface area (Å²) in [6, 6.07) is 12.8. The number of nitrogens with zero attached hydrogens (tertiary/aromatic N) is 6. The van der Waals surface area contributed by atoms with Crippen LogP contribution in [0.4, 0.5) is 0 Å². The molecular formula is C24H32CoN6Se2. The van der Waals surface area contributed by atoms with Crippen LogP contribution in [0.15, 0.2) is 36.4 Å². The summed E-state index contributed by atoms with van der Waals surface area (Å²) in [5, 5.41) is 14.5. The van der Waals surface area contributed by atoms with E-state index in [0.717, 1.165) is 49.0 Å². The number of hydrogen-bond acceptors (Lipinski definition) is 6. The summed E-state index contributed by atoms with van der Waals surface area (Å²) >= 11 is 4.22. The van der Waals surface area contributed by atoms with Gasteiger partial charge in [-0.05, 0) is 65.8 Å². The summed E-state index contributed by atoms with van der Waals surface area (Å²) in [6.07, 6.45) is 0. The Labute approximate surface area is 226 Å². The molecule has 179 valence electrons. The van der Waals surface area contributed by atoms with Crippen LogP contribution >= 0.6 is 0 Å². The molecule has 0 saturated carbocycles. The van der Waals surface area contributed by atoms with E-state index < -0.39 is 0 Å². The van der Waals surface area contributed by atoms with Gasteiger partial charge in [-0.2, -0.15) is 0 Å². The molecule has 1 radical (unpaired) electrons. The van der Waals surface area contributed by atoms with E-state index in [9.17, 15) is 0 Å². The summed E-state index contributed by atoms with van der Waals surface area (Å²) in [5.74, 6) is 0. The monoisotopic (exact) mass is 623 g/mol. The molecule has 0 aliphatic carbocycles. The Balaban J connectivity index is 0.00000132. The first-order valence-corrected chi connectivity index (χ1v) is 12.1. The second kappa shape index (κ2) is 14.9. The maximum Gasteiger partial charge on any atom is 2.00 e. The van der Waals surface area contributed by atoms with Crippen LogP contribution in [0.2, 0.25) is 0 Å². The number of nitriles is 2. The molecule has 0 aromatic carbocycles. The van der Waals surface area contributed by atoms with E-state index >= 15 is 0 Å². The van der Waals surface area contributed by atoms with Gasteiger partial charge in [0.25, 0.3) is 0 Å². The smallest absolute Gasteiger partial charge is 2.00 e. The van der Waals surface area contributed by atoms with Crippen LogP contribution in [0.1, 0.15) is 64.3 Å². The van der Waals surface area contributed by atoms with Crippen molar-refractivity contribution < 1.29 is 16.8 Å². The van der Waals surface area contributed by atoms with E-state index in [2.05, 4.69) is 120 Å². The third-order valence-corrected chi connectivity index (χ3v) is 5.04. The first-order chi connectivity index (χ1) is 14.9. The molecule has 1 aliphatic heterocycles. The number of aromatic nitrogens is 2. The second-order valence-corrected chi connectivity index (χ2v) is 10.2. The van der Waals surface area contributed by atoms with Crippen LogP contribution in [-0.4, -0.2) is 62.9 Å². The largest absolute Gasteiger partial charge is 2.00 e. The Morgan fingerprint density at radius 1 is 0.667 bits per heavy atom. The van der Waals surface area contributed by atoms with Gasteiger partial charge >= 0.3 is 69.3 Å². The van der Waals surface area contributed by atoms with Gasteiger partial charge in [0.2, 0.25) is 0 Å². The van der Waals surface area contributed by atoms with Crippen LogP contribution in [-0.2, 0) is 43.0 Å². The van der Waals surface area contributed by atoms with Gasteiger partial charge in [-0.25, -0.2) is 0 Å². The molecule has 4 bridgehead atoms. The number of rotatable bonds is 0. The molecule has 6 nitrogen and oxygen atoms in total. The first-order valence-electron chi connectivity index (χ1n) is 10.4. The molecule has 0 fully saturated rings. The van der Waals surface area contributed by atoms with Crippen molar-refractivity contribution in [3.8, 4) is 9.94 Å². The fraction of sp³-hybridized carbons (Fsp3) is 0.500. The van der Waals surface area contributed by atoms with E-state index in [4.69, 9.17) is 20.5 Å². The maximum absolute atomic E-state index is 7.26. The van der Waals surface area contributed by atoms with Gasteiger partial charge in [-0.15, -0.1) is 0 Å². The Hall–Kier alpha value is -1.25. The molecule has 0 atom stereocenters. The minimum atomic E-state index is 0. The van der Waals surface area contributed by atoms with Gasteiger partial charge in [0.1, 0.15) is 0 Å². The van der Waals surface area contributed by atoms with Crippen molar-refractivity contribution >= 4 is 32.0 Å². The zero-order valence-corrected chi connectivity index (χ0v) is 24.6. The zero-order chi connectivity index (χ0) is 24.4. The Bertz CT molecular complexity index is 821. The van der Waals surface area contributed by atoms with Crippen molar-refractivity contribution in [1.82, 2.24) is 19.8 Å². The van der Waals surface area contributed by atoms with Gasteiger partial charge in [0.05, 0.1) is 22.8 Å². The minimum Gasteiger partial charge on any atom is 2.00 e. The van der Waals surface area contributed by atoms with Crippen LogP contribution in [0, 0.1) is 20.5 Å². The van der Waals surface area contributed by atoms with Gasteiger partial charge in [-0.1, -0.05) is 12.1 Å². The topological polar surface area (TPSA) is 79.8 Å². The normalized spacial score (nSPS) is 14.2. The summed E-state index contributed by atoms with van der Waals surface area (Å²) in [4.78, 5) is 18.1. The molecule has 2 aromatic heterocycles. The fourth-order valence-corrected chi connectivity index (χ4v) is 3.25. The third-order valence-electron chi connectivity index (χ3n) is 5.04. The number of fused-ring (bicyclic) bond motifs is 4. The maximum atomic E-state index is 7.26. The first kappa shape index (κ1) is 31.7. The summed E-state index contributed by atoms with van der Waals surface area (Å²) in [6.45, 7) is 16.9. The Kier molecular flexibility index (Phi) is 14.3. The molecule has 0 spiro atoms. The quantitative estimate of drug-likeness (QED) is 0.418. The summed E-state index contributed by atoms with van der Waals surface area (Å²) in [5.41, 5.74) is 4.62. The fourth-order valence-electron chi connectivity index (χ4n) is 3.25. The van der Waals surface area contributed by atoms with Crippen LogP contribution in [0.3, 0.4) is 0 Å². The molecule has 3 heterocycles. The standard InChI is InChI=1S/C22H32N4.2CHNSe.Co/c1-21(2,3)25-13-17-9-7-11-19(23-17)15-26(22(4,5)6)16-20-12-8-10-18(14-25)24-20;2*2-1-3;/h7-12H,13-16H2,1-6H3;2*3H;/q;;;+2/p-2. The predicted molar refractivity (Wildman–Crippen MR) is 129 cm³/mol. The Morgan fingerprint density at radius 2 is 0.879 bits per heavy atom. The van der Waals surface area contributed by atoms with Crippen LogP contribution in [0.25, 0.3) is 0 Å². The average Bonchev–Trinajstić information content (AvgIpc) is 2.67. The van der Waals surface area contributed by atoms with E-state index in [1.807, 2.05) is 0 Å². The molecule has 33 heavy (non-hydrogen) atoms. The van der Waals surface area contributed by atoms with E-state index in [0.29, 0.717) is 0 Å². The number of hydrogen-bond donors (Lipinski definition) is 0.